The SMILES string of the molecule is O=C(Nc1c(F)cccc1F)c1nn(-c2ccc(Br)cc2)c(=O)cc1O. The molecule has 1 aromatic heterocycles. The zero-order valence-electron chi connectivity index (χ0n) is 12.9. The second-order valence-electron chi connectivity index (χ2n) is 5.16. The smallest absolute Gasteiger partial charge is 0.280 e. The molecular formula is C17H10BrF2N3O3. The topological polar surface area (TPSA) is 84.2 Å². The summed E-state index contributed by atoms with van der Waals surface area (Å²) >= 11 is 3.25. The van der Waals surface area contributed by atoms with Crippen LogP contribution < -0.4 is 10.9 Å². The van der Waals surface area contributed by atoms with Gasteiger partial charge in [0.05, 0.1) is 5.69 Å². The van der Waals surface area contributed by atoms with Gasteiger partial charge in [-0.1, -0.05) is 22.0 Å². The fourth-order valence-corrected chi connectivity index (χ4v) is 2.43. The van der Waals surface area contributed by atoms with Crippen LogP contribution in [0.3, 0.4) is 0 Å². The molecule has 26 heavy (non-hydrogen) atoms. The first-order chi connectivity index (χ1) is 12.4. The van der Waals surface area contributed by atoms with Crippen molar-refractivity contribution < 1.29 is 18.7 Å². The Bertz CT molecular complexity index is 1030. The Morgan fingerprint density at radius 3 is 2.35 bits per heavy atom. The van der Waals surface area contributed by atoms with Gasteiger partial charge < -0.3 is 10.4 Å². The van der Waals surface area contributed by atoms with E-state index in [2.05, 4.69) is 21.0 Å². The van der Waals surface area contributed by atoms with Crippen LogP contribution in [-0.4, -0.2) is 20.8 Å². The van der Waals surface area contributed by atoms with Crippen molar-refractivity contribution >= 4 is 27.5 Å². The highest BCUT2D eigenvalue weighted by molar-refractivity contribution is 9.10. The molecule has 0 saturated carbocycles. The maximum absolute atomic E-state index is 13.7. The Morgan fingerprint density at radius 2 is 1.73 bits per heavy atom. The van der Waals surface area contributed by atoms with Gasteiger partial charge in [0.25, 0.3) is 11.5 Å². The molecule has 0 atom stereocenters. The lowest BCUT2D eigenvalue weighted by molar-refractivity contribution is 0.101. The highest BCUT2D eigenvalue weighted by atomic mass is 79.9. The standard InChI is InChI=1S/C17H10BrF2N3O3/c18-9-4-6-10(7-5-9)23-14(25)8-13(24)16(22-23)17(26)21-15-11(19)2-1-3-12(15)20/h1-8,24H,(H,21,26). The quantitative estimate of drug-likeness (QED) is 0.679. The first-order valence-corrected chi connectivity index (χ1v) is 8.01. The van der Waals surface area contributed by atoms with Crippen LogP contribution in [0.4, 0.5) is 14.5 Å². The molecule has 132 valence electrons. The number of hydrogen-bond donors (Lipinski definition) is 2. The molecular weight excluding hydrogens is 412 g/mol. The Hall–Kier alpha value is -3.07. The maximum atomic E-state index is 13.7. The van der Waals surface area contributed by atoms with Gasteiger partial charge in [0.15, 0.2) is 11.4 Å². The van der Waals surface area contributed by atoms with E-state index in [0.717, 1.165) is 33.4 Å². The summed E-state index contributed by atoms with van der Waals surface area (Å²) in [6, 6.07) is 10.3. The number of rotatable bonds is 3. The van der Waals surface area contributed by atoms with Crippen molar-refractivity contribution in [3.63, 3.8) is 0 Å². The van der Waals surface area contributed by atoms with Crippen molar-refractivity contribution in [2.24, 2.45) is 0 Å². The third-order valence-corrected chi connectivity index (χ3v) is 3.93. The predicted molar refractivity (Wildman–Crippen MR) is 93.5 cm³/mol. The zero-order chi connectivity index (χ0) is 18.8. The summed E-state index contributed by atoms with van der Waals surface area (Å²) < 4.78 is 29.0. The molecule has 0 spiro atoms. The largest absolute Gasteiger partial charge is 0.505 e. The summed E-state index contributed by atoms with van der Waals surface area (Å²) in [4.78, 5) is 24.3. The highest BCUT2D eigenvalue weighted by Crippen LogP contribution is 2.21. The minimum Gasteiger partial charge on any atom is -0.505 e. The van der Waals surface area contributed by atoms with E-state index in [-0.39, 0.29) is 0 Å². The van der Waals surface area contributed by atoms with Crippen LogP contribution in [0.5, 0.6) is 5.75 Å². The van der Waals surface area contributed by atoms with Gasteiger partial charge in [0.1, 0.15) is 17.3 Å². The summed E-state index contributed by atoms with van der Waals surface area (Å²) in [5.41, 5.74) is -1.59. The number of para-hydroxylation sites is 1. The number of nitrogens with one attached hydrogen (secondary N) is 1. The Morgan fingerprint density at radius 1 is 1.12 bits per heavy atom. The average molecular weight is 422 g/mol. The molecule has 1 amide bonds. The number of aromatic hydroxyl groups is 1. The lowest BCUT2D eigenvalue weighted by Crippen LogP contribution is -2.25. The molecule has 0 aliphatic carbocycles. The summed E-state index contributed by atoms with van der Waals surface area (Å²) in [7, 11) is 0. The molecule has 2 N–H and O–H groups in total. The minimum absolute atomic E-state index is 0.337. The normalized spacial score (nSPS) is 10.6. The van der Waals surface area contributed by atoms with Gasteiger partial charge in [-0.3, -0.25) is 9.59 Å². The van der Waals surface area contributed by atoms with Crippen LogP contribution in [0.2, 0.25) is 0 Å². The highest BCUT2D eigenvalue weighted by Gasteiger charge is 2.20. The zero-order valence-corrected chi connectivity index (χ0v) is 14.5. The van der Waals surface area contributed by atoms with Crippen molar-refractivity contribution in [1.29, 1.82) is 0 Å². The van der Waals surface area contributed by atoms with Crippen LogP contribution in [0, 0.1) is 11.6 Å². The van der Waals surface area contributed by atoms with Crippen molar-refractivity contribution in [3.8, 4) is 11.4 Å². The number of nitrogens with zero attached hydrogens (tertiary/aromatic N) is 2. The molecule has 0 radical (unpaired) electrons. The van der Waals surface area contributed by atoms with Crippen molar-refractivity contribution in [2.75, 3.05) is 5.32 Å². The van der Waals surface area contributed by atoms with E-state index in [9.17, 15) is 23.5 Å². The molecule has 0 aliphatic heterocycles. The Kier molecular flexibility index (Phi) is 4.81. The molecule has 2 aromatic carbocycles. The van der Waals surface area contributed by atoms with Crippen LogP contribution in [0.1, 0.15) is 10.5 Å². The summed E-state index contributed by atoms with van der Waals surface area (Å²) in [6.45, 7) is 0. The van der Waals surface area contributed by atoms with Crippen molar-refractivity contribution in [2.45, 2.75) is 0 Å². The fraction of sp³-hybridized carbons (Fsp3) is 0. The third kappa shape index (κ3) is 3.47. The van der Waals surface area contributed by atoms with Gasteiger partial charge in [-0.15, -0.1) is 0 Å². The molecule has 1 heterocycles. The fourth-order valence-electron chi connectivity index (χ4n) is 2.17. The van der Waals surface area contributed by atoms with E-state index in [1.54, 1.807) is 24.3 Å². The van der Waals surface area contributed by atoms with Gasteiger partial charge in [0.2, 0.25) is 0 Å². The van der Waals surface area contributed by atoms with Crippen LogP contribution >= 0.6 is 15.9 Å². The lowest BCUT2D eigenvalue weighted by atomic mass is 10.2. The van der Waals surface area contributed by atoms with Crippen molar-refractivity contribution in [1.82, 2.24) is 9.78 Å². The number of anilines is 1. The van der Waals surface area contributed by atoms with Gasteiger partial charge >= 0.3 is 0 Å². The van der Waals surface area contributed by atoms with Gasteiger partial charge in [0, 0.05) is 10.5 Å². The van der Waals surface area contributed by atoms with Crippen LogP contribution in [-0.2, 0) is 0 Å². The van der Waals surface area contributed by atoms with E-state index >= 15 is 0 Å². The number of aromatic nitrogens is 2. The van der Waals surface area contributed by atoms with Crippen LogP contribution in [0.15, 0.2) is 57.8 Å². The predicted octanol–water partition coefficient (Wildman–Crippen LogP) is 3.23. The summed E-state index contributed by atoms with van der Waals surface area (Å²) in [5.74, 6) is -3.76. The van der Waals surface area contributed by atoms with Crippen LogP contribution in [0.25, 0.3) is 5.69 Å². The van der Waals surface area contributed by atoms with E-state index in [1.165, 1.54) is 0 Å². The van der Waals surface area contributed by atoms with Gasteiger partial charge in [-0.2, -0.15) is 9.78 Å². The molecule has 0 unspecified atom stereocenters. The van der Waals surface area contributed by atoms with Crippen molar-refractivity contribution in [3.05, 3.63) is 80.7 Å². The molecule has 0 saturated heterocycles. The Balaban J connectivity index is 2.02. The third-order valence-electron chi connectivity index (χ3n) is 3.40. The summed E-state index contributed by atoms with van der Waals surface area (Å²) in [6.07, 6.45) is 0. The van der Waals surface area contributed by atoms with E-state index in [4.69, 9.17) is 0 Å². The van der Waals surface area contributed by atoms with Gasteiger partial charge in [-0.05, 0) is 36.4 Å². The minimum atomic E-state index is -1.07. The number of carbonyl (C=O) groups is 1. The second kappa shape index (κ2) is 7.04. The first kappa shape index (κ1) is 17.7. The summed E-state index contributed by atoms with van der Waals surface area (Å²) in [5, 5.41) is 15.7. The van der Waals surface area contributed by atoms with E-state index in [1.807, 2.05) is 5.32 Å². The molecule has 6 nitrogen and oxygen atoms in total. The number of amides is 1. The Labute approximate surface area is 153 Å². The average Bonchev–Trinajstić information content (AvgIpc) is 2.59. The monoisotopic (exact) mass is 421 g/mol. The van der Waals surface area contributed by atoms with Gasteiger partial charge in [-0.25, -0.2) is 8.78 Å². The molecule has 0 aliphatic rings. The molecule has 0 bridgehead atoms. The molecule has 9 heteroatoms. The lowest BCUT2D eigenvalue weighted by Gasteiger charge is -2.10. The maximum Gasteiger partial charge on any atom is 0.280 e. The van der Waals surface area contributed by atoms with E-state index < -0.39 is 40.2 Å². The molecule has 0 fully saturated rings. The van der Waals surface area contributed by atoms with E-state index in [0.29, 0.717) is 5.69 Å². The first-order valence-electron chi connectivity index (χ1n) is 7.21. The molecule has 3 rings (SSSR count). The molecule has 3 aromatic rings. The number of benzene rings is 2. The number of carbonyl (C=O) groups excluding carboxylic acids is 1. The second-order valence-corrected chi connectivity index (χ2v) is 6.07. The number of hydrogen-bond acceptors (Lipinski definition) is 4. The number of halogens is 3.